The fraction of sp³-hybridized carbons (Fsp3) is 0.407. The predicted molar refractivity (Wildman–Crippen MR) is 152 cm³/mol. The number of hydrogen-bond acceptors (Lipinski definition) is 11. The summed E-state index contributed by atoms with van der Waals surface area (Å²) >= 11 is 0. The van der Waals surface area contributed by atoms with Gasteiger partial charge in [-0.2, -0.15) is 13.4 Å². The van der Waals surface area contributed by atoms with Gasteiger partial charge < -0.3 is 24.8 Å². The highest BCUT2D eigenvalue weighted by molar-refractivity contribution is 7.85. The Bertz CT molecular complexity index is 1530. The van der Waals surface area contributed by atoms with Gasteiger partial charge >= 0.3 is 0 Å². The summed E-state index contributed by atoms with van der Waals surface area (Å²) in [6.45, 7) is 1.21. The highest BCUT2D eigenvalue weighted by Crippen LogP contribution is 2.36. The standard InChI is InChI=1S/C26H29N5O5.CH4O3S/c1-34-17-6-4-15(5-7-17)18-13-23(32)31(25(18)33)16-8-10-30(11-9-16)26-28-20-14-22(36-3)21(35-2)12-19(20)24(27)29-26;1-5(2,3)4/h4-7,12,14,16,18H,8-11,13H2,1-3H3,(H2,27,28,29);1H3,(H,2,3,4). The first-order valence-corrected chi connectivity index (χ1v) is 14.6. The number of fused-ring (bicyclic) bond motifs is 1. The lowest BCUT2D eigenvalue weighted by molar-refractivity contribution is -0.141. The van der Waals surface area contributed by atoms with Crippen LogP contribution < -0.4 is 24.8 Å². The van der Waals surface area contributed by atoms with E-state index in [1.54, 1.807) is 33.5 Å². The number of aromatic nitrogens is 2. The van der Waals surface area contributed by atoms with Crippen molar-refractivity contribution in [3.8, 4) is 17.2 Å². The summed E-state index contributed by atoms with van der Waals surface area (Å²) in [4.78, 5) is 38.8. The molecule has 2 aliphatic heterocycles. The number of ether oxygens (including phenoxy) is 3. The normalized spacial score (nSPS) is 17.8. The van der Waals surface area contributed by atoms with E-state index in [2.05, 4.69) is 4.98 Å². The molecule has 0 saturated carbocycles. The highest BCUT2D eigenvalue weighted by Gasteiger charge is 2.43. The summed E-state index contributed by atoms with van der Waals surface area (Å²) < 4.78 is 41.8. The van der Waals surface area contributed by atoms with Gasteiger partial charge in [0.1, 0.15) is 11.6 Å². The quantitative estimate of drug-likeness (QED) is 0.318. The van der Waals surface area contributed by atoms with Crippen LogP contribution in [0.5, 0.6) is 17.2 Å². The number of imide groups is 1. The third-order valence-electron chi connectivity index (χ3n) is 7.03. The van der Waals surface area contributed by atoms with E-state index in [1.165, 1.54) is 4.90 Å². The number of carbonyl (C=O) groups is 2. The van der Waals surface area contributed by atoms with Crippen molar-refractivity contribution in [3.05, 3.63) is 42.0 Å². The van der Waals surface area contributed by atoms with Gasteiger partial charge in [0.15, 0.2) is 11.5 Å². The molecule has 5 rings (SSSR count). The van der Waals surface area contributed by atoms with Crippen molar-refractivity contribution >= 4 is 44.6 Å². The van der Waals surface area contributed by atoms with Gasteiger partial charge in [0.2, 0.25) is 17.8 Å². The number of likely N-dealkylation sites (tertiary alicyclic amines) is 1. The lowest BCUT2D eigenvalue weighted by Gasteiger charge is -2.36. The summed E-state index contributed by atoms with van der Waals surface area (Å²) in [7, 11) is 1.06. The Morgan fingerprint density at radius 2 is 1.54 bits per heavy atom. The van der Waals surface area contributed by atoms with Crippen molar-refractivity contribution < 1.29 is 36.8 Å². The fourth-order valence-corrected chi connectivity index (χ4v) is 5.06. The largest absolute Gasteiger partial charge is 0.497 e. The molecule has 41 heavy (non-hydrogen) atoms. The van der Waals surface area contributed by atoms with Crippen LogP contribution in [-0.2, 0) is 19.7 Å². The van der Waals surface area contributed by atoms with Gasteiger partial charge in [0.05, 0.1) is 39.0 Å². The molecule has 3 N–H and O–H groups in total. The third-order valence-corrected chi connectivity index (χ3v) is 7.03. The van der Waals surface area contributed by atoms with Crippen LogP contribution in [0.15, 0.2) is 36.4 Å². The smallest absolute Gasteiger partial charge is 0.261 e. The fourth-order valence-electron chi connectivity index (χ4n) is 5.06. The lowest BCUT2D eigenvalue weighted by Crippen LogP contribution is -2.47. The highest BCUT2D eigenvalue weighted by atomic mass is 32.2. The minimum atomic E-state index is -3.67. The van der Waals surface area contributed by atoms with Crippen LogP contribution in [0.4, 0.5) is 11.8 Å². The number of carbonyl (C=O) groups excluding carboxylic acids is 2. The van der Waals surface area contributed by atoms with Crippen molar-refractivity contribution in [1.82, 2.24) is 14.9 Å². The van der Waals surface area contributed by atoms with E-state index in [0.717, 1.165) is 5.56 Å². The van der Waals surface area contributed by atoms with Crippen LogP contribution in [0.25, 0.3) is 10.9 Å². The number of amides is 2. The van der Waals surface area contributed by atoms with E-state index < -0.39 is 16.0 Å². The minimum Gasteiger partial charge on any atom is -0.497 e. The molecule has 1 atom stereocenters. The van der Waals surface area contributed by atoms with Gasteiger partial charge in [0, 0.05) is 37.0 Å². The number of benzene rings is 2. The van der Waals surface area contributed by atoms with Gasteiger partial charge in [-0.25, -0.2) is 4.98 Å². The molecular weight excluding hydrogens is 554 g/mol. The van der Waals surface area contributed by atoms with Gasteiger partial charge in [-0.15, -0.1) is 0 Å². The molecule has 2 saturated heterocycles. The molecule has 0 spiro atoms. The van der Waals surface area contributed by atoms with Crippen LogP contribution in [0.2, 0.25) is 0 Å². The Morgan fingerprint density at radius 3 is 2.10 bits per heavy atom. The molecule has 14 heteroatoms. The first kappa shape index (κ1) is 29.8. The summed E-state index contributed by atoms with van der Waals surface area (Å²) in [6, 6.07) is 10.7. The van der Waals surface area contributed by atoms with Crippen LogP contribution >= 0.6 is 0 Å². The molecular formula is C27H33N5O8S. The number of nitrogen functional groups attached to an aromatic ring is 1. The zero-order valence-corrected chi connectivity index (χ0v) is 24.1. The van der Waals surface area contributed by atoms with Crippen molar-refractivity contribution in [2.45, 2.75) is 31.2 Å². The molecule has 0 aliphatic carbocycles. The number of piperidine rings is 1. The number of methoxy groups -OCH3 is 3. The molecule has 2 aliphatic rings. The maximum atomic E-state index is 13.2. The molecule has 1 aromatic heterocycles. The predicted octanol–water partition coefficient (Wildman–Crippen LogP) is 2.25. The van der Waals surface area contributed by atoms with Crippen molar-refractivity contribution in [2.24, 2.45) is 0 Å². The monoisotopic (exact) mass is 587 g/mol. The Morgan fingerprint density at radius 1 is 0.951 bits per heavy atom. The van der Waals surface area contributed by atoms with Gasteiger partial charge in [-0.3, -0.25) is 19.0 Å². The number of anilines is 2. The average molecular weight is 588 g/mol. The first-order valence-electron chi connectivity index (χ1n) is 12.8. The molecule has 0 radical (unpaired) electrons. The summed E-state index contributed by atoms with van der Waals surface area (Å²) in [6.07, 6.45) is 2.19. The second kappa shape index (κ2) is 12.1. The SMILES string of the molecule is COc1ccc(C2CC(=O)N(C3CCN(c4nc(N)c5cc(OC)c(OC)cc5n4)CC3)C2=O)cc1.CS(=O)(=O)O. The number of rotatable bonds is 6. The van der Waals surface area contributed by atoms with Gasteiger partial charge in [-0.05, 0) is 36.6 Å². The Balaban J connectivity index is 0.000000714. The first-order chi connectivity index (χ1) is 19.4. The summed E-state index contributed by atoms with van der Waals surface area (Å²) in [5, 5.41) is 0.684. The number of nitrogens with two attached hydrogens (primary N) is 1. The Hall–Kier alpha value is -4.17. The van der Waals surface area contributed by atoms with Crippen LogP contribution in [0.3, 0.4) is 0 Å². The molecule has 220 valence electrons. The zero-order valence-electron chi connectivity index (χ0n) is 23.2. The van der Waals surface area contributed by atoms with Crippen molar-refractivity contribution in [2.75, 3.05) is 51.3 Å². The van der Waals surface area contributed by atoms with Crippen molar-refractivity contribution in [3.63, 3.8) is 0 Å². The lowest BCUT2D eigenvalue weighted by atomic mass is 9.97. The number of nitrogens with zero attached hydrogens (tertiary/aromatic N) is 4. The summed E-state index contributed by atoms with van der Waals surface area (Å²) in [5.74, 6) is 2.01. The van der Waals surface area contributed by atoms with E-state index in [0.29, 0.717) is 72.1 Å². The van der Waals surface area contributed by atoms with E-state index in [4.69, 9.17) is 29.5 Å². The average Bonchev–Trinajstić information content (AvgIpc) is 3.24. The van der Waals surface area contributed by atoms with Gasteiger partial charge in [-0.1, -0.05) is 12.1 Å². The maximum Gasteiger partial charge on any atom is 0.261 e. The van der Waals surface area contributed by atoms with Crippen molar-refractivity contribution in [1.29, 1.82) is 0 Å². The molecule has 0 bridgehead atoms. The van der Waals surface area contributed by atoms with E-state index in [9.17, 15) is 18.0 Å². The second-order valence-corrected chi connectivity index (χ2v) is 11.2. The summed E-state index contributed by atoms with van der Waals surface area (Å²) in [5.41, 5.74) is 7.74. The third kappa shape index (κ3) is 6.77. The molecule has 2 amide bonds. The molecule has 3 heterocycles. The van der Waals surface area contributed by atoms with Crippen LogP contribution in [0.1, 0.15) is 30.7 Å². The molecule has 1 unspecified atom stereocenters. The minimum absolute atomic E-state index is 0.119. The molecule has 3 aromatic rings. The topological polar surface area (TPSA) is 174 Å². The van der Waals surface area contributed by atoms with E-state index in [1.807, 2.05) is 29.2 Å². The van der Waals surface area contributed by atoms with E-state index >= 15 is 0 Å². The zero-order chi connectivity index (χ0) is 29.9. The Kier molecular flexibility index (Phi) is 8.83. The van der Waals surface area contributed by atoms with Crippen LogP contribution in [0, 0.1) is 0 Å². The van der Waals surface area contributed by atoms with E-state index in [-0.39, 0.29) is 24.3 Å². The second-order valence-electron chi connectivity index (χ2n) is 9.72. The maximum absolute atomic E-state index is 13.2. The molecule has 2 fully saturated rings. The van der Waals surface area contributed by atoms with Gasteiger partial charge in [0.25, 0.3) is 10.1 Å². The number of hydrogen-bond donors (Lipinski definition) is 2. The molecule has 13 nitrogen and oxygen atoms in total. The molecule has 2 aromatic carbocycles. The van der Waals surface area contributed by atoms with Crippen LogP contribution in [-0.4, -0.2) is 86.4 Å². The Labute approximate surface area is 237 Å².